The molecule has 0 aliphatic carbocycles. The Labute approximate surface area is 99.3 Å². The topological polar surface area (TPSA) is 38.9 Å². The van der Waals surface area contributed by atoms with Crippen LogP contribution in [0.25, 0.3) is 0 Å². The number of aryl methyl sites for hydroxylation is 1. The zero-order valence-corrected chi connectivity index (χ0v) is 10.6. The number of rotatable bonds is 7. The van der Waals surface area contributed by atoms with E-state index < -0.39 is 0 Å². The summed E-state index contributed by atoms with van der Waals surface area (Å²) in [6, 6.07) is 4.46. The van der Waals surface area contributed by atoms with Gasteiger partial charge in [0.1, 0.15) is 0 Å². The third kappa shape index (κ3) is 5.26. The van der Waals surface area contributed by atoms with E-state index in [9.17, 15) is 0 Å². The monoisotopic (exact) mass is 220 g/mol. The van der Waals surface area contributed by atoms with Crippen molar-refractivity contribution in [2.45, 2.75) is 58.4 Å². The van der Waals surface area contributed by atoms with Crippen molar-refractivity contribution in [3.63, 3.8) is 0 Å². The number of pyridine rings is 1. The summed E-state index contributed by atoms with van der Waals surface area (Å²) in [4.78, 5) is 4.38. The van der Waals surface area contributed by atoms with Crippen LogP contribution in [-0.2, 0) is 6.42 Å². The third-order valence-corrected chi connectivity index (χ3v) is 2.87. The highest BCUT2D eigenvalue weighted by Crippen LogP contribution is 2.08. The molecule has 0 saturated heterocycles. The van der Waals surface area contributed by atoms with Crippen molar-refractivity contribution < 1.29 is 0 Å². The standard InChI is InChI=1S/C14H24N2/c1-3-4-5-6-7-13(15)10-14-9-8-12(2)11-16-14/h8-9,11,13H,3-7,10,15H2,1-2H3. The lowest BCUT2D eigenvalue weighted by Crippen LogP contribution is -2.23. The van der Waals surface area contributed by atoms with E-state index in [0.29, 0.717) is 0 Å². The summed E-state index contributed by atoms with van der Waals surface area (Å²) in [5.74, 6) is 0. The second-order valence-electron chi connectivity index (χ2n) is 4.64. The zero-order chi connectivity index (χ0) is 11.8. The van der Waals surface area contributed by atoms with Crippen LogP contribution < -0.4 is 5.73 Å². The van der Waals surface area contributed by atoms with E-state index in [4.69, 9.17) is 5.73 Å². The number of unbranched alkanes of at least 4 members (excludes halogenated alkanes) is 3. The molecule has 1 aromatic heterocycles. The highest BCUT2D eigenvalue weighted by molar-refractivity contribution is 5.12. The van der Waals surface area contributed by atoms with Crippen LogP contribution >= 0.6 is 0 Å². The summed E-state index contributed by atoms with van der Waals surface area (Å²) in [6.07, 6.45) is 9.12. The van der Waals surface area contributed by atoms with Crippen LogP contribution in [0.4, 0.5) is 0 Å². The van der Waals surface area contributed by atoms with Gasteiger partial charge in [0.15, 0.2) is 0 Å². The summed E-state index contributed by atoms with van der Waals surface area (Å²) < 4.78 is 0. The van der Waals surface area contributed by atoms with Crippen molar-refractivity contribution in [2.75, 3.05) is 0 Å². The van der Waals surface area contributed by atoms with E-state index in [-0.39, 0.29) is 6.04 Å². The van der Waals surface area contributed by atoms with Crippen molar-refractivity contribution in [1.82, 2.24) is 4.98 Å². The predicted molar refractivity (Wildman–Crippen MR) is 69.4 cm³/mol. The zero-order valence-electron chi connectivity index (χ0n) is 10.6. The number of hydrogen-bond acceptors (Lipinski definition) is 2. The lowest BCUT2D eigenvalue weighted by molar-refractivity contribution is 0.542. The number of aromatic nitrogens is 1. The molecule has 0 spiro atoms. The molecule has 1 aromatic rings. The van der Waals surface area contributed by atoms with Crippen LogP contribution in [0.2, 0.25) is 0 Å². The minimum absolute atomic E-state index is 0.270. The Morgan fingerprint density at radius 1 is 1.25 bits per heavy atom. The molecule has 0 aliphatic rings. The van der Waals surface area contributed by atoms with Gasteiger partial charge in [0, 0.05) is 24.4 Å². The van der Waals surface area contributed by atoms with Crippen molar-refractivity contribution in [2.24, 2.45) is 5.73 Å². The fourth-order valence-electron chi connectivity index (χ4n) is 1.82. The van der Waals surface area contributed by atoms with Crippen LogP contribution in [0.1, 0.15) is 50.3 Å². The van der Waals surface area contributed by atoms with Gasteiger partial charge in [-0.3, -0.25) is 4.98 Å². The van der Waals surface area contributed by atoms with Gasteiger partial charge in [0.05, 0.1) is 0 Å². The molecule has 2 heteroatoms. The van der Waals surface area contributed by atoms with Crippen LogP contribution in [0.15, 0.2) is 18.3 Å². The molecule has 90 valence electrons. The summed E-state index contributed by atoms with van der Waals surface area (Å²) in [5, 5.41) is 0. The SMILES string of the molecule is CCCCCCC(N)Cc1ccc(C)cn1. The fraction of sp³-hybridized carbons (Fsp3) is 0.643. The van der Waals surface area contributed by atoms with Crippen LogP contribution in [0, 0.1) is 6.92 Å². The van der Waals surface area contributed by atoms with E-state index in [0.717, 1.165) is 18.5 Å². The maximum Gasteiger partial charge on any atom is 0.0419 e. The molecule has 0 bridgehead atoms. The van der Waals surface area contributed by atoms with Crippen molar-refractivity contribution in [3.8, 4) is 0 Å². The normalized spacial score (nSPS) is 12.7. The van der Waals surface area contributed by atoms with Gasteiger partial charge < -0.3 is 5.73 Å². The molecule has 0 radical (unpaired) electrons. The summed E-state index contributed by atoms with van der Waals surface area (Å²) >= 11 is 0. The quantitative estimate of drug-likeness (QED) is 0.716. The molecule has 1 heterocycles. The first-order chi connectivity index (χ1) is 7.72. The molecular formula is C14H24N2. The first-order valence-electron chi connectivity index (χ1n) is 6.39. The lowest BCUT2D eigenvalue weighted by Gasteiger charge is -2.10. The predicted octanol–water partition coefficient (Wildman–Crippen LogP) is 3.23. The van der Waals surface area contributed by atoms with Crippen LogP contribution in [-0.4, -0.2) is 11.0 Å². The minimum Gasteiger partial charge on any atom is -0.327 e. The Hall–Kier alpha value is -0.890. The maximum atomic E-state index is 6.09. The Balaban J connectivity index is 2.23. The first kappa shape index (κ1) is 13.2. The molecule has 0 amide bonds. The fourth-order valence-corrected chi connectivity index (χ4v) is 1.82. The van der Waals surface area contributed by atoms with Crippen LogP contribution in [0.3, 0.4) is 0 Å². The summed E-state index contributed by atoms with van der Waals surface area (Å²) in [5.41, 5.74) is 8.41. The van der Waals surface area contributed by atoms with Crippen molar-refractivity contribution >= 4 is 0 Å². The Kier molecular flexibility index (Phi) is 6.09. The molecule has 0 aliphatic heterocycles. The second-order valence-corrected chi connectivity index (χ2v) is 4.64. The molecule has 0 saturated carbocycles. The smallest absolute Gasteiger partial charge is 0.0419 e. The van der Waals surface area contributed by atoms with Gasteiger partial charge in [-0.15, -0.1) is 0 Å². The second kappa shape index (κ2) is 7.39. The summed E-state index contributed by atoms with van der Waals surface area (Å²) in [7, 11) is 0. The van der Waals surface area contributed by atoms with E-state index in [1.165, 1.54) is 31.2 Å². The minimum atomic E-state index is 0.270. The molecule has 1 unspecified atom stereocenters. The van der Waals surface area contributed by atoms with E-state index in [1.54, 1.807) is 0 Å². The Morgan fingerprint density at radius 3 is 2.69 bits per heavy atom. The Bertz CT molecular complexity index is 279. The van der Waals surface area contributed by atoms with Crippen LogP contribution in [0.5, 0.6) is 0 Å². The summed E-state index contributed by atoms with van der Waals surface area (Å²) in [6.45, 7) is 4.29. The van der Waals surface area contributed by atoms with Gasteiger partial charge in [-0.05, 0) is 25.0 Å². The van der Waals surface area contributed by atoms with E-state index in [1.807, 2.05) is 6.20 Å². The molecule has 1 atom stereocenters. The number of nitrogens with zero attached hydrogens (tertiary/aromatic N) is 1. The first-order valence-corrected chi connectivity index (χ1v) is 6.39. The van der Waals surface area contributed by atoms with Crippen molar-refractivity contribution in [3.05, 3.63) is 29.6 Å². The van der Waals surface area contributed by atoms with Gasteiger partial charge in [-0.25, -0.2) is 0 Å². The van der Waals surface area contributed by atoms with E-state index >= 15 is 0 Å². The maximum absolute atomic E-state index is 6.09. The average Bonchev–Trinajstić information content (AvgIpc) is 2.28. The largest absolute Gasteiger partial charge is 0.327 e. The number of nitrogens with two attached hydrogens (primary N) is 1. The molecule has 0 aromatic carbocycles. The third-order valence-electron chi connectivity index (χ3n) is 2.87. The average molecular weight is 220 g/mol. The lowest BCUT2D eigenvalue weighted by atomic mass is 10.0. The molecule has 16 heavy (non-hydrogen) atoms. The molecular weight excluding hydrogens is 196 g/mol. The van der Waals surface area contributed by atoms with Gasteiger partial charge in [-0.2, -0.15) is 0 Å². The van der Waals surface area contributed by atoms with Gasteiger partial charge in [0.25, 0.3) is 0 Å². The van der Waals surface area contributed by atoms with Gasteiger partial charge in [0.2, 0.25) is 0 Å². The number of hydrogen-bond donors (Lipinski definition) is 1. The molecule has 1 rings (SSSR count). The molecule has 2 nitrogen and oxygen atoms in total. The molecule has 0 fully saturated rings. The van der Waals surface area contributed by atoms with Crippen molar-refractivity contribution in [1.29, 1.82) is 0 Å². The van der Waals surface area contributed by atoms with Gasteiger partial charge in [-0.1, -0.05) is 38.7 Å². The molecule has 2 N–H and O–H groups in total. The highest BCUT2D eigenvalue weighted by atomic mass is 14.7. The van der Waals surface area contributed by atoms with E-state index in [2.05, 4.69) is 31.0 Å². The van der Waals surface area contributed by atoms with Gasteiger partial charge >= 0.3 is 0 Å². The Morgan fingerprint density at radius 2 is 2.06 bits per heavy atom. The highest BCUT2D eigenvalue weighted by Gasteiger charge is 2.04.